The Morgan fingerprint density at radius 1 is 1.06 bits per heavy atom. The summed E-state index contributed by atoms with van der Waals surface area (Å²) < 4.78 is 5.98. The summed E-state index contributed by atoms with van der Waals surface area (Å²) in [5.41, 5.74) is 1.23. The number of benzene rings is 2. The monoisotopic (exact) mass is 540 g/mol. The van der Waals surface area contributed by atoms with Crippen LogP contribution >= 0.6 is 35.0 Å². The van der Waals surface area contributed by atoms with Crippen molar-refractivity contribution in [3.05, 3.63) is 80.9 Å². The number of aliphatic imine (C=N–C) groups is 1. The second-order valence-corrected chi connectivity index (χ2v) is 10.4. The fourth-order valence-electron chi connectivity index (χ4n) is 4.47. The standard InChI is InChI=1S/C27H22Cl2N2O4S/c28-20-10-5-11-21(29)24(20)22-13-12-19(35-22)15-23-25(32)31(18-8-2-1-3-9-18)27(36-23)30-17-7-4-6-16(14-17)26(33)34/h4-7,10-15,18H,1-3,8-9H2,(H,33,34)/b23-15+,30-27?. The van der Waals surface area contributed by atoms with E-state index in [4.69, 9.17) is 32.6 Å². The lowest BCUT2D eigenvalue weighted by atomic mass is 9.94. The molecule has 1 aliphatic carbocycles. The van der Waals surface area contributed by atoms with Crippen LogP contribution in [-0.2, 0) is 4.79 Å². The number of amidine groups is 1. The Kier molecular flexibility index (Phi) is 7.23. The minimum Gasteiger partial charge on any atom is -0.478 e. The molecule has 3 aromatic rings. The number of carboxylic acid groups (broad SMARTS) is 1. The van der Waals surface area contributed by atoms with Gasteiger partial charge >= 0.3 is 5.97 Å². The van der Waals surface area contributed by atoms with Gasteiger partial charge in [0.05, 0.1) is 31.8 Å². The number of carboxylic acids is 1. The summed E-state index contributed by atoms with van der Waals surface area (Å²) in [7, 11) is 0. The van der Waals surface area contributed by atoms with Crippen LogP contribution in [0, 0.1) is 0 Å². The van der Waals surface area contributed by atoms with Crippen molar-refractivity contribution in [3.63, 3.8) is 0 Å². The van der Waals surface area contributed by atoms with Gasteiger partial charge in [-0.05, 0) is 67.1 Å². The normalized spacial score (nSPS) is 18.9. The highest BCUT2D eigenvalue weighted by molar-refractivity contribution is 8.18. The summed E-state index contributed by atoms with van der Waals surface area (Å²) in [5, 5.41) is 10.8. The van der Waals surface area contributed by atoms with E-state index >= 15 is 0 Å². The van der Waals surface area contributed by atoms with E-state index in [9.17, 15) is 14.7 Å². The van der Waals surface area contributed by atoms with E-state index in [1.165, 1.54) is 23.9 Å². The molecule has 2 fully saturated rings. The lowest BCUT2D eigenvalue weighted by molar-refractivity contribution is -0.124. The number of amides is 1. The summed E-state index contributed by atoms with van der Waals surface area (Å²) in [4.78, 5) is 31.9. The van der Waals surface area contributed by atoms with E-state index in [-0.39, 0.29) is 17.5 Å². The first-order valence-corrected chi connectivity index (χ1v) is 13.2. The highest BCUT2D eigenvalue weighted by atomic mass is 35.5. The largest absolute Gasteiger partial charge is 0.478 e. The number of hydrogen-bond donors (Lipinski definition) is 1. The topological polar surface area (TPSA) is 83.1 Å². The molecule has 1 saturated carbocycles. The molecule has 2 heterocycles. The second kappa shape index (κ2) is 10.5. The van der Waals surface area contributed by atoms with E-state index in [0.29, 0.717) is 42.9 Å². The first kappa shape index (κ1) is 24.7. The fraction of sp³-hybridized carbons (Fsp3) is 0.222. The number of hydrogen-bond acceptors (Lipinski definition) is 5. The molecule has 0 radical (unpaired) electrons. The van der Waals surface area contributed by atoms with Crippen LogP contribution < -0.4 is 0 Å². The van der Waals surface area contributed by atoms with Gasteiger partial charge in [-0.2, -0.15) is 0 Å². The third-order valence-electron chi connectivity index (χ3n) is 6.20. The van der Waals surface area contributed by atoms with Gasteiger partial charge in [0.25, 0.3) is 5.91 Å². The van der Waals surface area contributed by atoms with Gasteiger partial charge < -0.3 is 9.52 Å². The predicted molar refractivity (Wildman–Crippen MR) is 144 cm³/mol. The molecule has 9 heteroatoms. The Bertz CT molecular complexity index is 1370. The van der Waals surface area contributed by atoms with Crippen molar-refractivity contribution in [2.24, 2.45) is 4.99 Å². The molecule has 0 atom stereocenters. The molecule has 5 rings (SSSR count). The molecular weight excluding hydrogens is 519 g/mol. The first-order valence-electron chi connectivity index (χ1n) is 11.6. The minimum atomic E-state index is -1.02. The molecule has 0 bridgehead atoms. The number of carbonyl (C=O) groups is 2. The first-order chi connectivity index (χ1) is 17.4. The summed E-state index contributed by atoms with van der Waals surface area (Å²) >= 11 is 13.9. The number of carbonyl (C=O) groups excluding carboxylic acids is 1. The highest BCUT2D eigenvalue weighted by Gasteiger charge is 2.39. The fourth-order valence-corrected chi connectivity index (χ4v) is 6.09. The van der Waals surface area contributed by atoms with Crippen LogP contribution in [0.15, 0.2) is 68.9 Å². The Morgan fingerprint density at radius 3 is 2.50 bits per heavy atom. The zero-order valence-corrected chi connectivity index (χ0v) is 21.4. The van der Waals surface area contributed by atoms with Gasteiger partial charge in [-0.3, -0.25) is 9.69 Å². The smallest absolute Gasteiger partial charge is 0.335 e. The minimum absolute atomic E-state index is 0.0557. The molecule has 6 nitrogen and oxygen atoms in total. The number of halogens is 2. The van der Waals surface area contributed by atoms with E-state index < -0.39 is 5.97 Å². The second-order valence-electron chi connectivity index (χ2n) is 8.63. The molecule has 1 N–H and O–H groups in total. The van der Waals surface area contributed by atoms with Gasteiger partial charge in [-0.25, -0.2) is 9.79 Å². The van der Waals surface area contributed by atoms with Crippen molar-refractivity contribution in [2.75, 3.05) is 0 Å². The van der Waals surface area contributed by atoms with Gasteiger partial charge in [0, 0.05) is 12.1 Å². The van der Waals surface area contributed by atoms with Crippen LogP contribution in [-0.4, -0.2) is 33.1 Å². The average Bonchev–Trinajstić information content (AvgIpc) is 3.44. The summed E-state index contributed by atoms with van der Waals surface area (Å²) in [6, 6.07) is 15.2. The number of thioether (sulfide) groups is 1. The van der Waals surface area contributed by atoms with Crippen LogP contribution in [0.1, 0.15) is 48.2 Å². The third-order valence-corrected chi connectivity index (χ3v) is 7.82. The van der Waals surface area contributed by atoms with E-state index in [1.54, 1.807) is 53.4 Å². The van der Waals surface area contributed by atoms with Crippen molar-refractivity contribution in [1.29, 1.82) is 0 Å². The molecule has 1 aliphatic heterocycles. The number of rotatable bonds is 5. The number of aromatic carboxylic acids is 1. The van der Waals surface area contributed by atoms with Crippen molar-refractivity contribution < 1.29 is 19.1 Å². The summed E-state index contributed by atoms with van der Waals surface area (Å²) in [6.45, 7) is 0. The molecule has 1 aromatic heterocycles. The zero-order valence-electron chi connectivity index (χ0n) is 19.1. The zero-order chi connectivity index (χ0) is 25.2. The van der Waals surface area contributed by atoms with Crippen LogP contribution in [0.4, 0.5) is 5.69 Å². The van der Waals surface area contributed by atoms with Crippen molar-refractivity contribution in [3.8, 4) is 11.3 Å². The molecule has 0 unspecified atom stereocenters. The maximum absolute atomic E-state index is 13.5. The molecule has 2 aliphatic rings. The Labute approximate surface area is 222 Å². The van der Waals surface area contributed by atoms with Gasteiger partial charge in [-0.15, -0.1) is 0 Å². The Morgan fingerprint density at radius 2 is 1.78 bits per heavy atom. The Balaban J connectivity index is 1.49. The molecule has 1 amide bonds. The summed E-state index contributed by atoms with van der Waals surface area (Å²) in [6.07, 6.45) is 6.78. The van der Waals surface area contributed by atoms with Crippen LogP contribution in [0.2, 0.25) is 10.0 Å². The van der Waals surface area contributed by atoms with Crippen LogP contribution in [0.25, 0.3) is 17.4 Å². The lowest BCUT2D eigenvalue weighted by Crippen LogP contribution is -2.40. The third kappa shape index (κ3) is 5.09. The molecule has 1 saturated heterocycles. The van der Waals surface area contributed by atoms with Crippen molar-refractivity contribution in [2.45, 2.75) is 38.1 Å². The van der Waals surface area contributed by atoms with Crippen molar-refractivity contribution in [1.82, 2.24) is 4.90 Å². The average molecular weight is 541 g/mol. The number of nitrogens with zero attached hydrogens (tertiary/aromatic N) is 2. The lowest BCUT2D eigenvalue weighted by Gasteiger charge is -2.30. The van der Waals surface area contributed by atoms with Gasteiger partial charge in [0.2, 0.25) is 0 Å². The predicted octanol–water partition coefficient (Wildman–Crippen LogP) is 7.89. The quantitative estimate of drug-likeness (QED) is 0.332. The van der Waals surface area contributed by atoms with E-state index in [1.807, 2.05) is 0 Å². The molecule has 36 heavy (non-hydrogen) atoms. The highest BCUT2D eigenvalue weighted by Crippen LogP contribution is 2.40. The maximum Gasteiger partial charge on any atom is 0.335 e. The molecular formula is C27H22Cl2N2O4S. The van der Waals surface area contributed by atoms with E-state index in [2.05, 4.69) is 0 Å². The SMILES string of the molecule is O=C(O)c1cccc(N=C2S/C(=C/c3ccc(-c4c(Cl)cccc4Cl)o3)C(=O)N2C2CCCCC2)c1. The van der Waals surface area contributed by atoms with E-state index in [0.717, 1.165) is 32.1 Å². The Hall–Kier alpha value is -3.00. The maximum atomic E-state index is 13.5. The van der Waals surface area contributed by atoms with Crippen molar-refractivity contribution >= 4 is 63.8 Å². The van der Waals surface area contributed by atoms with Crippen LogP contribution in [0.3, 0.4) is 0 Å². The summed E-state index contributed by atoms with van der Waals surface area (Å²) in [5.74, 6) is -0.149. The number of furan rings is 1. The van der Waals surface area contributed by atoms with Gasteiger partial charge in [-0.1, -0.05) is 54.6 Å². The molecule has 184 valence electrons. The van der Waals surface area contributed by atoms with Gasteiger partial charge in [0.15, 0.2) is 5.17 Å². The van der Waals surface area contributed by atoms with Gasteiger partial charge in [0.1, 0.15) is 11.5 Å². The van der Waals surface area contributed by atoms with Crippen LogP contribution in [0.5, 0.6) is 0 Å². The molecule has 0 spiro atoms. The molecule has 2 aromatic carbocycles.